The molecule has 0 saturated carbocycles. The van der Waals surface area contributed by atoms with Crippen molar-refractivity contribution >= 4 is 11.6 Å². The summed E-state index contributed by atoms with van der Waals surface area (Å²) in [7, 11) is 1.99. The molecule has 1 aliphatic rings. The topological polar surface area (TPSA) is 29.9 Å². The van der Waals surface area contributed by atoms with Crippen LogP contribution in [0, 0.1) is 6.92 Å². The molecule has 0 aliphatic carbocycles. The Bertz CT molecular complexity index is 332. The molecular weight excluding hydrogens is 198 g/mol. The predicted molar refractivity (Wildman–Crippen MR) is 57.9 cm³/mol. The third-order valence-corrected chi connectivity index (χ3v) is 3.20. The van der Waals surface area contributed by atoms with Gasteiger partial charge in [0.25, 0.3) is 0 Å². The van der Waals surface area contributed by atoms with Crippen molar-refractivity contribution < 1.29 is 0 Å². The molecule has 0 aromatic carbocycles. The van der Waals surface area contributed by atoms with E-state index in [0.717, 1.165) is 18.8 Å². The van der Waals surface area contributed by atoms with E-state index in [-0.39, 0.29) is 0 Å². The normalized spacial score (nSPS) is 20.9. The third kappa shape index (κ3) is 1.55. The van der Waals surface area contributed by atoms with Crippen molar-refractivity contribution in [3.63, 3.8) is 0 Å². The van der Waals surface area contributed by atoms with Crippen LogP contribution in [0.1, 0.15) is 30.1 Å². The van der Waals surface area contributed by atoms with Gasteiger partial charge in [-0.1, -0.05) is 0 Å². The van der Waals surface area contributed by atoms with Crippen LogP contribution in [0.15, 0.2) is 0 Å². The fraction of sp³-hybridized carbons (Fsp3) is 0.700. The highest BCUT2D eigenvalue weighted by Gasteiger charge is 2.24. The standard InChI is InChI=1S/C10H16ClN3/c1-7-9-8(6-12-2)4-3-5-14(9)10(11)13-7/h8,12H,3-6H2,1-2H3. The second kappa shape index (κ2) is 3.91. The van der Waals surface area contributed by atoms with Crippen LogP contribution in [-0.4, -0.2) is 23.1 Å². The van der Waals surface area contributed by atoms with E-state index in [1.54, 1.807) is 0 Å². The first-order chi connectivity index (χ1) is 6.74. The first-order valence-corrected chi connectivity index (χ1v) is 5.49. The quantitative estimate of drug-likeness (QED) is 0.814. The smallest absolute Gasteiger partial charge is 0.203 e. The van der Waals surface area contributed by atoms with Crippen LogP contribution in [0.2, 0.25) is 5.28 Å². The number of rotatable bonds is 2. The number of nitrogens with one attached hydrogen (secondary N) is 1. The summed E-state index contributed by atoms with van der Waals surface area (Å²) in [5.74, 6) is 0.578. The Morgan fingerprint density at radius 3 is 3.14 bits per heavy atom. The lowest BCUT2D eigenvalue weighted by Crippen LogP contribution is -2.24. The molecule has 1 N–H and O–H groups in total. The Morgan fingerprint density at radius 2 is 2.43 bits per heavy atom. The van der Waals surface area contributed by atoms with Gasteiger partial charge in [0.2, 0.25) is 5.28 Å². The molecule has 1 aliphatic heterocycles. The van der Waals surface area contributed by atoms with Crippen LogP contribution < -0.4 is 5.32 Å². The molecule has 78 valence electrons. The number of likely N-dealkylation sites (N-methyl/N-ethyl adjacent to an activating group) is 1. The Balaban J connectivity index is 2.37. The highest BCUT2D eigenvalue weighted by Crippen LogP contribution is 2.31. The van der Waals surface area contributed by atoms with Gasteiger partial charge in [0.15, 0.2) is 0 Å². The number of nitrogens with zero attached hydrogens (tertiary/aromatic N) is 2. The van der Waals surface area contributed by atoms with E-state index in [2.05, 4.69) is 14.9 Å². The summed E-state index contributed by atoms with van der Waals surface area (Å²) >= 11 is 6.06. The maximum atomic E-state index is 6.06. The molecule has 1 unspecified atom stereocenters. The summed E-state index contributed by atoms with van der Waals surface area (Å²) in [4.78, 5) is 4.33. The summed E-state index contributed by atoms with van der Waals surface area (Å²) in [6.07, 6.45) is 2.44. The lowest BCUT2D eigenvalue weighted by atomic mass is 9.94. The molecule has 0 fully saturated rings. The van der Waals surface area contributed by atoms with E-state index in [9.17, 15) is 0 Å². The minimum absolute atomic E-state index is 0.578. The van der Waals surface area contributed by atoms with E-state index in [4.69, 9.17) is 11.6 Å². The van der Waals surface area contributed by atoms with Crippen LogP contribution in [0.5, 0.6) is 0 Å². The minimum Gasteiger partial charge on any atom is -0.319 e. The number of halogens is 1. The molecule has 1 atom stereocenters. The Labute approximate surface area is 89.5 Å². The SMILES string of the molecule is CNCC1CCCn2c(Cl)nc(C)c21. The van der Waals surface area contributed by atoms with Gasteiger partial charge in [-0.3, -0.25) is 0 Å². The average molecular weight is 214 g/mol. The number of aryl methyl sites for hydroxylation is 1. The van der Waals surface area contributed by atoms with Gasteiger partial charge in [-0.25, -0.2) is 4.98 Å². The third-order valence-electron chi connectivity index (χ3n) is 2.92. The first-order valence-electron chi connectivity index (χ1n) is 5.11. The second-order valence-corrected chi connectivity index (χ2v) is 4.24. The number of imidazole rings is 1. The molecule has 0 saturated heterocycles. The molecule has 0 spiro atoms. The number of fused-ring (bicyclic) bond motifs is 1. The second-order valence-electron chi connectivity index (χ2n) is 3.90. The number of hydrogen-bond acceptors (Lipinski definition) is 2. The van der Waals surface area contributed by atoms with Gasteiger partial charge in [-0.2, -0.15) is 0 Å². The zero-order valence-corrected chi connectivity index (χ0v) is 9.43. The van der Waals surface area contributed by atoms with E-state index in [0.29, 0.717) is 11.2 Å². The Kier molecular flexibility index (Phi) is 2.79. The highest BCUT2D eigenvalue weighted by atomic mass is 35.5. The van der Waals surface area contributed by atoms with Gasteiger partial charge < -0.3 is 9.88 Å². The molecule has 2 rings (SSSR count). The van der Waals surface area contributed by atoms with Gasteiger partial charge in [0.1, 0.15) is 0 Å². The van der Waals surface area contributed by atoms with Crippen molar-refractivity contribution in [1.29, 1.82) is 0 Å². The lowest BCUT2D eigenvalue weighted by molar-refractivity contribution is 0.441. The molecule has 1 aromatic rings. The summed E-state index contributed by atoms with van der Waals surface area (Å²) in [5.41, 5.74) is 2.42. The maximum absolute atomic E-state index is 6.06. The fourth-order valence-corrected chi connectivity index (χ4v) is 2.66. The van der Waals surface area contributed by atoms with Gasteiger partial charge in [0.05, 0.1) is 5.69 Å². The van der Waals surface area contributed by atoms with Crippen LogP contribution in [0.3, 0.4) is 0 Å². The van der Waals surface area contributed by atoms with Gasteiger partial charge in [0, 0.05) is 24.7 Å². The van der Waals surface area contributed by atoms with Crippen molar-refractivity contribution in [3.8, 4) is 0 Å². The molecular formula is C10H16ClN3. The van der Waals surface area contributed by atoms with Crippen molar-refractivity contribution in [2.24, 2.45) is 0 Å². The number of hydrogen-bond donors (Lipinski definition) is 1. The predicted octanol–water partition coefficient (Wildman–Crippen LogP) is 1.94. The minimum atomic E-state index is 0.578. The molecule has 0 amide bonds. The van der Waals surface area contributed by atoms with E-state index < -0.39 is 0 Å². The molecule has 14 heavy (non-hydrogen) atoms. The lowest BCUT2D eigenvalue weighted by Gasteiger charge is -2.25. The molecule has 4 heteroatoms. The highest BCUT2D eigenvalue weighted by molar-refractivity contribution is 6.28. The van der Waals surface area contributed by atoms with Crippen molar-refractivity contribution in [2.75, 3.05) is 13.6 Å². The van der Waals surface area contributed by atoms with Crippen molar-refractivity contribution in [2.45, 2.75) is 32.2 Å². The summed E-state index contributed by atoms with van der Waals surface area (Å²) in [6.45, 7) is 4.09. The van der Waals surface area contributed by atoms with Crippen molar-refractivity contribution in [1.82, 2.24) is 14.9 Å². The number of aromatic nitrogens is 2. The maximum Gasteiger partial charge on any atom is 0.203 e. The summed E-state index contributed by atoms with van der Waals surface area (Å²) < 4.78 is 2.16. The molecule has 2 heterocycles. The molecule has 3 nitrogen and oxygen atoms in total. The molecule has 0 radical (unpaired) electrons. The first kappa shape index (κ1) is 9.99. The summed E-state index contributed by atoms with van der Waals surface area (Å²) in [5, 5.41) is 3.88. The fourth-order valence-electron chi connectivity index (χ4n) is 2.36. The zero-order valence-electron chi connectivity index (χ0n) is 8.68. The van der Waals surface area contributed by atoms with Crippen molar-refractivity contribution in [3.05, 3.63) is 16.7 Å². The van der Waals surface area contributed by atoms with Gasteiger partial charge in [-0.15, -0.1) is 0 Å². The van der Waals surface area contributed by atoms with Gasteiger partial charge >= 0.3 is 0 Å². The largest absolute Gasteiger partial charge is 0.319 e. The van der Waals surface area contributed by atoms with E-state index >= 15 is 0 Å². The monoisotopic (exact) mass is 213 g/mol. The van der Waals surface area contributed by atoms with Gasteiger partial charge in [-0.05, 0) is 38.4 Å². The van der Waals surface area contributed by atoms with Crippen LogP contribution in [0.25, 0.3) is 0 Å². The van der Waals surface area contributed by atoms with E-state index in [1.165, 1.54) is 18.5 Å². The van der Waals surface area contributed by atoms with Crippen LogP contribution in [-0.2, 0) is 6.54 Å². The van der Waals surface area contributed by atoms with E-state index in [1.807, 2.05) is 14.0 Å². The average Bonchev–Trinajstić information content (AvgIpc) is 2.44. The molecule has 1 aromatic heterocycles. The summed E-state index contributed by atoms with van der Waals surface area (Å²) in [6, 6.07) is 0. The Morgan fingerprint density at radius 1 is 1.64 bits per heavy atom. The van der Waals surface area contributed by atoms with Crippen LogP contribution >= 0.6 is 11.6 Å². The zero-order chi connectivity index (χ0) is 10.1. The Hall–Kier alpha value is -0.540. The molecule has 0 bridgehead atoms. The van der Waals surface area contributed by atoms with Crippen LogP contribution in [0.4, 0.5) is 0 Å².